The van der Waals surface area contributed by atoms with Crippen LogP contribution in [0.5, 0.6) is 17.2 Å². The summed E-state index contributed by atoms with van der Waals surface area (Å²) >= 11 is 0. The highest BCUT2D eigenvalue weighted by molar-refractivity contribution is 6.08. The Morgan fingerprint density at radius 1 is 0.765 bits per heavy atom. The highest BCUT2D eigenvalue weighted by Crippen LogP contribution is 2.39. The summed E-state index contributed by atoms with van der Waals surface area (Å²) in [6, 6.07) is 7.94. The molecule has 2 rings (SSSR count). The minimum absolute atomic E-state index is 0.167. The zero-order valence-corrected chi connectivity index (χ0v) is 21.2. The third kappa shape index (κ3) is 7.30. The molecule has 0 atom stereocenters. The van der Waals surface area contributed by atoms with Gasteiger partial charge in [0.15, 0.2) is 11.5 Å². The maximum atomic E-state index is 13.3. The monoisotopic (exact) mass is 472 g/mol. The van der Waals surface area contributed by atoms with E-state index in [-0.39, 0.29) is 35.7 Å². The van der Waals surface area contributed by atoms with Crippen LogP contribution in [0.15, 0.2) is 30.3 Å². The van der Waals surface area contributed by atoms with E-state index >= 15 is 0 Å². The number of nitrogens with two attached hydrogens (primary N) is 1. The molecule has 0 aliphatic carbocycles. The standard InChI is InChI=1S/C26H36N2O6/c1-14(2)31-22-13-18(26(30)34-17(7)8)9-12-21(22)28-25(29)19-10-11-20(27)24(33-16(5)6)23(19)32-15(3)4/h9-17H,27H2,1-8H3,(H,28,29). The second-order valence-corrected chi connectivity index (χ2v) is 8.98. The number of rotatable bonds is 10. The van der Waals surface area contributed by atoms with Gasteiger partial charge in [-0.15, -0.1) is 0 Å². The SMILES string of the molecule is CC(C)OC(=O)c1ccc(NC(=O)c2ccc(N)c(OC(C)C)c2OC(C)C)c(OC(C)C)c1. The highest BCUT2D eigenvalue weighted by atomic mass is 16.5. The van der Waals surface area contributed by atoms with E-state index in [0.29, 0.717) is 28.4 Å². The minimum atomic E-state index is -0.469. The molecule has 0 bridgehead atoms. The largest absolute Gasteiger partial charge is 0.489 e. The van der Waals surface area contributed by atoms with Crippen molar-refractivity contribution in [2.75, 3.05) is 11.1 Å². The molecule has 0 saturated heterocycles. The van der Waals surface area contributed by atoms with E-state index in [1.807, 2.05) is 41.5 Å². The van der Waals surface area contributed by atoms with Gasteiger partial charge in [-0.2, -0.15) is 0 Å². The van der Waals surface area contributed by atoms with Gasteiger partial charge in [-0.1, -0.05) is 0 Å². The number of nitrogen functional groups attached to an aromatic ring is 1. The number of anilines is 2. The summed E-state index contributed by atoms with van der Waals surface area (Å²) in [5, 5.41) is 2.86. The molecule has 0 unspecified atom stereocenters. The van der Waals surface area contributed by atoms with Crippen molar-refractivity contribution < 1.29 is 28.5 Å². The molecule has 2 aromatic rings. The molecule has 0 radical (unpaired) electrons. The smallest absolute Gasteiger partial charge is 0.338 e. The van der Waals surface area contributed by atoms with Crippen molar-refractivity contribution in [3.05, 3.63) is 41.5 Å². The lowest BCUT2D eigenvalue weighted by Gasteiger charge is -2.22. The van der Waals surface area contributed by atoms with Crippen LogP contribution in [-0.4, -0.2) is 36.3 Å². The molecule has 8 heteroatoms. The van der Waals surface area contributed by atoms with Crippen molar-refractivity contribution in [2.24, 2.45) is 0 Å². The molecule has 186 valence electrons. The number of ether oxygens (including phenoxy) is 4. The molecular formula is C26H36N2O6. The predicted molar refractivity (Wildman–Crippen MR) is 133 cm³/mol. The van der Waals surface area contributed by atoms with Crippen LogP contribution in [-0.2, 0) is 4.74 Å². The first-order chi connectivity index (χ1) is 15.9. The fourth-order valence-corrected chi connectivity index (χ4v) is 3.04. The van der Waals surface area contributed by atoms with Crippen molar-refractivity contribution in [3.63, 3.8) is 0 Å². The normalized spacial score (nSPS) is 11.2. The number of amides is 1. The van der Waals surface area contributed by atoms with Crippen LogP contribution in [0.3, 0.4) is 0 Å². The van der Waals surface area contributed by atoms with Gasteiger partial charge in [0, 0.05) is 0 Å². The number of nitrogens with one attached hydrogen (secondary N) is 1. The van der Waals surface area contributed by atoms with Crippen LogP contribution < -0.4 is 25.3 Å². The molecule has 8 nitrogen and oxygen atoms in total. The zero-order valence-electron chi connectivity index (χ0n) is 21.2. The Bertz CT molecular complexity index is 1010. The molecular weight excluding hydrogens is 436 g/mol. The number of benzene rings is 2. The van der Waals surface area contributed by atoms with Gasteiger partial charge >= 0.3 is 5.97 Å². The van der Waals surface area contributed by atoms with E-state index in [0.717, 1.165) is 0 Å². The summed E-state index contributed by atoms with van der Waals surface area (Å²) in [6.45, 7) is 14.7. The predicted octanol–water partition coefficient (Wildman–Crippen LogP) is 5.45. The molecule has 0 spiro atoms. The molecule has 0 saturated carbocycles. The molecule has 0 heterocycles. The Labute approximate surface area is 201 Å². The minimum Gasteiger partial charge on any atom is -0.489 e. The van der Waals surface area contributed by atoms with Gasteiger partial charge in [0.2, 0.25) is 0 Å². The highest BCUT2D eigenvalue weighted by Gasteiger charge is 2.23. The first kappa shape index (κ1) is 26.8. The van der Waals surface area contributed by atoms with E-state index in [9.17, 15) is 9.59 Å². The van der Waals surface area contributed by atoms with Crippen molar-refractivity contribution in [3.8, 4) is 17.2 Å². The fourth-order valence-electron chi connectivity index (χ4n) is 3.04. The van der Waals surface area contributed by atoms with E-state index in [1.165, 1.54) is 0 Å². The first-order valence-electron chi connectivity index (χ1n) is 11.5. The molecule has 0 aliphatic heterocycles. The van der Waals surface area contributed by atoms with Crippen LogP contribution in [0.2, 0.25) is 0 Å². The molecule has 1 amide bonds. The van der Waals surface area contributed by atoms with Crippen molar-refractivity contribution >= 4 is 23.3 Å². The van der Waals surface area contributed by atoms with Crippen LogP contribution in [0, 0.1) is 0 Å². The zero-order chi connectivity index (χ0) is 25.6. The molecule has 2 aromatic carbocycles. The average Bonchev–Trinajstić information content (AvgIpc) is 2.70. The summed E-state index contributed by atoms with van der Waals surface area (Å²) in [4.78, 5) is 25.7. The average molecular weight is 473 g/mol. The molecule has 34 heavy (non-hydrogen) atoms. The number of hydrogen-bond acceptors (Lipinski definition) is 7. The fraction of sp³-hybridized carbons (Fsp3) is 0.462. The Morgan fingerprint density at radius 2 is 1.35 bits per heavy atom. The van der Waals surface area contributed by atoms with Crippen LogP contribution in [0.25, 0.3) is 0 Å². The summed E-state index contributed by atoms with van der Waals surface area (Å²) in [6.07, 6.45) is -0.823. The van der Waals surface area contributed by atoms with Gasteiger partial charge in [-0.25, -0.2) is 4.79 Å². The lowest BCUT2D eigenvalue weighted by atomic mass is 10.1. The van der Waals surface area contributed by atoms with E-state index in [2.05, 4.69) is 5.32 Å². The maximum Gasteiger partial charge on any atom is 0.338 e. The lowest BCUT2D eigenvalue weighted by Crippen LogP contribution is -2.19. The number of hydrogen-bond donors (Lipinski definition) is 2. The van der Waals surface area contributed by atoms with E-state index < -0.39 is 11.9 Å². The van der Waals surface area contributed by atoms with Gasteiger partial charge in [-0.3, -0.25) is 4.79 Å². The van der Waals surface area contributed by atoms with Crippen LogP contribution in [0.4, 0.5) is 11.4 Å². The van der Waals surface area contributed by atoms with Crippen molar-refractivity contribution in [1.29, 1.82) is 0 Å². The third-order valence-electron chi connectivity index (χ3n) is 4.27. The quantitative estimate of drug-likeness (QED) is 0.350. The summed E-state index contributed by atoms with van der Waals surface area (Å²) in [5.41, 5.74) is 7.49. The first-order valence-corrected chi connectivity index (χ1v) is 11.5. The van der Waals surface area contributed by atoms with Gasteiger partial charge < -0.3 is 30.0 Å². The summed E-state index contributed by atoms with van der Waals surface area (Å²) in [5.74, 6) is 0.0342. The van der Waals surface area contributed by atoms with Crippen LogP contribution in [0.1, 0.15) is 76.1 Å². The Morgan fingerprint density at radius 3 is 1.91 bits per heavy atom. The van der Waals surface area contributed by atoms with Gasteiger partial charge in [0.1, 0.15) is 5.75 Å². The number of carbonyl (C=O) groups excluding carboxylic acids is 2. The number of carbonyl (C=O) groups is 2. The van der Waals surface area contributed by atoms with Gasteiger partial charge in [-0.05, 0) is 85.7 Å². The third-order valence-corrected chi connectivity index (χ3v) is 4.27. The van der Waals surface area contributed by atoms with Gasteiger partial charge in [0.25, 0.3) is 5.91 Å². The Hall–Kier alpha value is -3.42. The Balaban J connectivity index is 2.46. The Kier molecular flexibility index (Phi) is 9.18. The summed E-state index contributed by atoms with van der Waals surface area (Å²) in [7, 11) is 0. The van der Waals surface area contributed by atoms with Crippen molar-refractivity contribution in [1.82, 2.24) is 0 Å². The molecule has 0 fully saturated rings. The van der Waals surface area contributed by atoms with Crippen LogP contribution >= 0.6 is 0 Å². The number of esters is 1. The summed E-state index contributed by atoms with van der Waals surface area (Å²) < 4.78 is 22.9. The van der Waals surface area contributed by atoms with Gasteiger partial charge in [0.05, 0.1) is 46.9 Å². The molecule has 0 aliphatic rings. The van der Waals surface area contributed by atoms with E-state index in [4.69, 9.17) is 24.7 Å². The topological polar surface area (TPSA) is 109 Å². The van der Waals surface area contributed by atoms with E-state index in [1.54, 1.807) is 44.2 Å². The lowest BCUT2D eigenvalue weighted by molar-refractivity contribution is 0.0377. The van der Waals surface area contributed by atoms with Crippen molar-refractivity contribution in [2.45, 2.75) is 79.8 Å². The second-order valence-electron chi connectivity index (χ2n) is 8.98. The molecule has 3 N–H and O–H groups in total. The maximum absolute atomic E-state index is 13.3. The second kappa shape index (κ2) is 11.6. The molecule has 0 aromatic heterocycles.